The van der Waals surface area contributed by atoms with Gasteiger partial charge in [0.15, 0.2) is 0 Å². The van der Waals surface area contributed by atoms with Crippen LogP contribution in [0.1, 0.15) is 40.2 Å². The first-order valence-corrected chi connectivity index (χ1v) is 12.5. The lowest BCUT2D eigenvalue weighted by molar-refractivity contribution is -0.0907. The van der Waals surface area contributed by atoms with Crippen molar-refractivity contribution in [3.05, 3.63) is 54.9 Å². The summed E-state index contributed by atoms with van der Waals surface area (Å²) in [5.41, 5.74) is 0.417. The molecule has 34 heavy (non-hydrogen) atoms. The predicted octanol–water partition coefficient (Wildman–Crippen LogP) is 3.27. The predicted molar refractivity (Wildman–Crippen MR) is 128 cm³/mol. The summed E-state index contributed by atoms with van der Waals surface area (Å²) in [4.78, 5) is 4.27. The maximum atomic E-state index is 11.8. The summed E-state index contributed by atoms with van der Waals surface area (Å²) in [5, 5.41) is 22.3. The second kappa shape index (κ2) is 8.63. The van der Waals surface area contributed by atoms with Crippen molar-refractivity contribution in [2.24, 2.45) is 29.6 Å². The number of aliphatic hydroxyl groups excluding tert-OH is 2. The minimum absolute atomic E-state index is 0.00865. The molecule has 186 valence electrons. The standard InChI is InChI=1S/C27H38N2O5/c1-14-11-15(2)27-19(12-21(32-6)18(5)33-25(14)17(4)30)7-8-20-22(27)24(31)16(3)23(26(20)34-27)29-10-9-28-13-29/h7-11,13-14,16-17,19-26,30-31H,5,12H2,1-4,6H3/b15-11+/t14-,16?,17-,19-,20-,21+,22+,23?,24-,25+,26-,27+/m1/s1. The highest BCUT2D eigenvalue weighted by Gasteiger charge is 2.68. The zero-order valence-corrected chi connectivity index (χ0v) is 20.7. The van der Waals surface area contributed by atoms with E-state index in [-0.39, 0.29) is 47.8 Å². The number of aliphatic hydroxyl groups is 2. The first-order valence-electron chi connectivity index (χ1n) is 12.5. The van der Waals surface area contributed by atoms with E-state index in [1.807, 2.05) is 19.4 Å². The van der Waals surface area contributed by atoms with E-state index >= 15 is 0 Å². The van der Waals surface area contributed by atoms with Crippen molar-refractivity contribution in [2.75, 3.05) is 7.11 Å². The second-order valence-electron chi connectivity index (χ2n) is 10.8. The van der Waals surface area contributed by atoms with Crippen LogP contribution in [-0.2, 0) is 14.2 Å². The number of nitrogens with zero attached hydrogens (tertiary/aromatic N) is 2. The van der Waals surface area contributed by atoms with Gasteiger partial charge >= 0.3 is 0 Å². The molecule has 2 unspecified atom stereocenters. The van der Waals surface area contributed by atoms with E-state index in [9.17, 15) is 10.2 Å². The number of imidazole rings is 1. The van der Waals surface area contributed by atoms with Crippen LogP contribution in [0.25, 0.3) is 0 Å². The Bertz CT molecular complexity index is 972. The van der Waals surface area contributed by atoms with E-state index in [1.165, 1.54) is 0 Å². The summed E-state index contributed by atoms with van der Waals surface area (Å²) >= 11 is 0. The first-order chi connectivity index (χ1) is 16.2. The van der Waals surface area contributed by atoms with E-state index in [0.29, 0.717) is 12.2 Å². The average molecular weight is 471 g/mol. The van der Waals surface area contributed by atoms with Crippen LogP contribution in [0.2, 0.25) is 0 Å². The highest BCUT2D eigenvalue weighted by atomic mass is 16.5. The van der Waals surface area contributed by atoms with Gasteiger partial charge in [-0.05, 0) is 25.8 Å². The van der Waals surface area contributed by atoms with Crippen LogP contribution in [0, 0.1) is 29.6 Å². The largest absolute Gasteiger partial charge is 0.489 e. The molecule has 2 fully saturated rings. The van der Waals surface area contributed by atoms with Gasteiger partial charge in [0.1, 0.15) is 23.6 Å². The lowest BCUT2D eigenvalue weighted by atomic mass is 9.57. The topological polar surface area (TPSA) is 86.0 Å². The van der Waals surface area contributed by atoms with Crippen molar-refractivity contribution in [1.82, 2.24) is 9.55 Å². The quantitative estimate of drug-likeness (QED) is 0.660. The van der Waals surface area contributed by atoms with Gasteiger partial charge in [0, 0.05) is 49.1 Å². The molecule has 2 aliphatic carbocycles. The summed E-state index contributed by atoms with van der Waals surface area (Å²) in [7, 11) is 1.66. The zero-order valence-electron chi connectivity index (χ0n) is 20.7. The molecule has 4 bridgehead atoms. The van der Waals surface area contributed by atoms with Crippen LogP contribution in [0.5, 0.6) is 0 Å². The molecule has 2 N–H and O–H groups in total. The van der Waals surface area contributed by atoms with Gasteiger partial charge in [-0.25, -0.2) is 4.98 Å². The van der Waals surface area contributed by atoms with Crippen LogP contribution >= 0.6 is 0 Å². The van der Waals surface area contributed by atoms with Gasteiger partial charge < -0.3 is 29.0 Å². The van der Waals surface area contributed by atoms with Crippen LogP contribution in [-0.4, -0.2) is 63.0 Å². The van der Waals surface area contributed by atoms with Gasteiger partial charge in [-0.2, -0.15) is 0 Å². The Balaban J connectivity index is 1.65. The summed E-state index contributed by atoms with van der Waals surface area (Å²) in [6.45, 7) is 12.2. The maximum absolute atomic E-state index is 11.8. The molecule has 12 atom stereocenters. The third-order valence-corrected chi connectivity index (χ3v) is 8.91. The molecule has 1 saturated carbocycles. The molecular formula is C27H38N2O5. The highest BCUT2D eigenvalue weighted by Crippen LogP contribution is 2.63. The minimum atomic E-state index is -0.681. The Labute approximate surface area is 202 Å². The SMILES string of the molecule is C=C1O[C@H]([C@@H](C)O)[C@H](C)/C=C(\C)[C@@]23O[C@H]4C(n5ccnc5)C(C)[C@@H](O)[C@@H]2[C@H]4C=C[C@@H]3C[C@@H]1OC. The molecule has 7 heteroatoms. The Morgan fingerprint density at radius 1 is 1.32 bits per heavy atom. The van der Waals surface area contributed by atoms with E-state index in [1.54, 1.807) is 20.2 Å². The van der Waals surface area contributed by atoms with Gasteiger partial charge in [0.05, 0.1) is 30.7 Å². The first kappa shape index (κ1) is 23.8. The molecule has 0 amide bonds. The molecule has 2 aliphatic heterocycles. The van der Waals surface area contributed by atoms with Crippen LogP contribution in [0.3, 0.4) is 0 Å². The molecule has 7 nitrogen and oxygen atoms in total. The lowest BCUT2D eigenvalue weighted by Crippen LogP contribution is -2.55. The molecule has 0 radical (unpaired) electrons. The molecule has 1 saturated heterocycles. The molecule has 4 aliphatic rings. The van der Waals surface area contributed by atoms with E-state index in [0.717, 1.165) is 5.57 Å². The normalized spacial score (nSPS) is 48.4. The average Bonchev–Trinajstić information content (AvgIpc) is 3.38. The van der Waals surface area contributed by atoms with Gasteiger partial charge in [0.2, 0.25) is 0 Å². The van der Waals surface area contributed by atoms with Crippen molar-refractivity contribution in [1.29, 1.82) is 0 Å². The maximum Gasteiger partial charge on any atom is 0.130 e. The molecule has 1 aromatic heterocycles. The van der Waals surface area contributed by atoms with E-state index < -0.39 is 23.9 Å². The number of hydrogen-bond donors (Lipinski definition) is 2. The fourth-order valence-corrected chi connectivity index (χ4v) is 7.34. The molecule has 3 heterocycles. The summed E-state index contributed by atoms with van der Waals surface area (Å²) in [6.07, 6.45) is 10.8. The molecule has 5 rings (SSSR count). The molecule has 1 spiro atoms. The van der Waals surface area contributed by atoms with Crippen LogP contribution < -0.4 is 0 Å². The Hall–Kier alpha value is -1.93. The van der Waals surface area contributed by atoms with Gasteiger partial charge in [0.25, 0.3) is 0 Å². The van der Waals surface area contributed by atoms with Crippen molar-refractivity contribution >= 4 is 0 Å². The third-order valence-electron chi connectivity index (χ3n) is 8.91. The summed E-state index contributed by atoms with van der Waals surface area (Å²) in [6, 6.07) is -0.0103. The molecule has 1 aromatic rings. The fourth-order valence-electron chi connectivity index (χ4n) is 7.34. The van der Waals surface area contributed by atoms with Gasteiger partial charge in [-0.15, -0.1) is 0 Å². The Kier molecular flexibility index (Phi) is 6.04. The zero-order chi connectivity index (χ0) is 24.4. The molecular weight excluding hydrogens is 432 g/mol. The van der Waals surface area contributed by atoms with Crippen molar-refractivity contribution < 1.29 is 24.4 Å². The number of hydrogen-bond acceptors (Lipinski definition) is 6. The molecule has 0 aromatic carbocycles. The third kappa shape index (κ3) is 3.35. The number of rotatable bonds is 3. The highest BCUT2D eigenvalue weighted by molar-refractivity contribution is 5.35. The van der Waals surface area contributed by atoms with E-state index in [4.69, 9.17) is 14.2 Å². The summed E-state index contributed by atoms with van der Waals surface area (Å²) < 4.78 is 21.3. The van der Waals surface area contributed by atoms with Crippen molar-refractivity contribution in [3.63, 3.8) is 0 Å². The second-order valence-corrected chi connectivity index (χ2v) is 10.8. The van der Waals surface area contributed by atoms with Crippen LogP contribution in [0.4, 0.5) is 0 Å². The smallest absolute Gasteiger partial charge is 0.130 e. The Morgan fingerprint density at radius 3 is 2.74 bits per heavy atom. The Morgan fingerprint density at radius 2 is 2.09 bits per heavy atom. The summed E-state index contributed by atoms with van der Waals surface area (Å²) in [5.74, 6) is 0.458. The van der Waals surface area contributed by atoms with Gasteiger partial charge in [-0.1, -0.05) is 38.7 Å². The fraction of sp³-hybridized carbons (Fsp3) is 0.667. The monoisotopic (exact) mass is 470 g/mol. The number of aromatic nitrogens is 2. The number of methoxy groups -OCH3 is 1. The minimum Gasteiger partial charge on any atom is -0.489 e. The lowest BCUT2D eigenvalue weighted by Gasteiger charge is -2.49. The van der Waals surface area contributed by atoms with Crippen LogP contribution in [0.15, 0.2) is 54.9 Å². The van der Waals surface area contributed by atoms with Crippen molar-refractivity contribution in [2.45, 2.75) is 76.3 Å². The van der Waals surface area contributed by atoms with Crippen molar-refractivity contribution in [3.8, 4) is 0 Å². The van der Waals surface area contributed by atoms with E-state index in [2.05, 4.69) is 48.2 Å². The number of ether oxygens (including phenoxy) is 3. The van der Waals surface area contributed by atoms with Gasteiger partial charge in [-0.3, -0.25) is 0 Å².